The van der Waals surface area contributed by atoms with Crippen LogP contribution in [0.15, 0.2) is 4.42 Å². The first-order valence-electron chi connectivity index (χ1n) is 4.94. The molecule has 14 heavy (non-hydrogen) atoms. The van der Waals surface area contributed by atoms with Crippen molar-refractivity contribution >= 4 is 0 Å². The molecule has 0 spiro atoms. The standard InChI is InChI=1S/C10H19N3O/c1-7(5-11-4)12-6-10-8(2)13-9(3)14-10/h7,11-12H,5-6H2,1-4H3. The number of aromatic nitrogens is 1. The van der Waals surface area contributed by atoms with Crippen molar-refractivity contribution in [2.45, 2.75) is 33.4 Å². The van der Waals surface area contributed by atoms with Gasteiger partial charge in [0, 0.05) is 19.5 Å². The molecule has 80 valence electrons. The van der Waals surface area contributed by atoms with Crippen LogP contribution in [0.5, 0.6) is 0 Å². The largest absolute Gasteiger partial charge is 0.444 e. The van der Waals surface area contributed by atoms with Crippen LogP contribution in [0.1, 0.15) is 24.3 Å². The number of aryl methyl sites for hydroxylation is 2. The Hall–Kier alpha value is -0.870. The lowest BCUT2D eigenvalue weighted by atomic mass is 10.3. The molecule has 0 aliphatic rings. The molecule has 1 atom stereocenters. The molecule has 1 heterocycles. The highest BCUT2D eigenvalue weighted by molar-refractivity contribution is 5.06. The summed E-state index contributed by atoms with van der Waals surface area (Å²) in [4.78, 5) is 4.21. The fourth-order valence-corrected chi connectivity index (χ4v) is 1.38. The normalized spacial score (nSPS) is 13.1. The van der Waals surface area contributed by atoms with Crippen molar-refractivity contribution in [2.75, 3.05) is 13.6 Å². The Bertz CT molecular complexity index is 283. The van der Waals surface area contributed by atoms with Crippen LogP contribution in [0.4, 0.5) is 0 Å². The molecule has 2 N–H and O–H groups in total. The Labute approximate surface area is 85.1 Å². The summed E-state index contributed by atoms with van der Waals surface area (Å²) in [5, 5.41) is 6.47. The summed E-state index contributed by atoms with van der Waals surface area (Å²) in [5.41, 5.74) is 0.978. The van der Waals surface area contributed by atoms with Gasteiger partial charge in [0.2, 0.25) is 0 Å². The van der Waals surface area contributed by atoms with Gasteiger partial charge in [0.05, 0.1) is 12.2 Å². The van der Waals surface area contributed by atoms with E-state index in [1.165, 1.54) is 0 Å². The second-order valence-corrected chi connectivity index (χ2v) is 3.58. The molecule has 1 aromatic heterocycles. The van der Waals surface area contributed by atoms with Crippen LogP contribution < -0.4 is 10.6 Å². The number of hydrogen-bond acceptors (Lipinski definition) is 4. The smallest absolute Gasteiger partial charge is 0.191 e. The zero-order valence-electron chi connectivity index (χ0n) is 9.35. The van der Waals surface area contributed by atoms with Gasteiger partial charge in [0.25, 0.3) is 0 Å². The van der Waals surface area contributed by atoms with Gasteiger partial charge in [-0.25, -0.2) is 4.98 Å². The van der Waals surface area contributed by atoms with Gasteiger partial charge in [-0.2, -0.15) is 0 Å². The SMILES string of the molecule is CNCC(C)NCc1oc(C)nc1C. The summed E-state index contributed by atoms with van der Waals surface area (Å²) in [5.74, 6) is 1.67. The van der Waals surface area contributed by atoms with E-state index in [0.717, 1.165) is 30.4 Å². The fourth-order valence-electron chi connectivity index (χ4n) is 1.38. The van der Waals surface area contributed by atoms with Crippen molar-refractivity contribution in [1.29, 1.82) is 0 Å². The maximum Gasteiger partial charge on any atom is 0.191 e. The van der Waals surface area contributed by atoms with E-state index in [1.807, 2.05) is 20.9 Å². The predicted octanol–water partition coefficient (Wildman–Crippen LogP) is 0.989. The van der Waals surface area contributed by atoms with Crippen LogP contribution >= 0.6 is 0 Å². The summed E-state index contributed by atoms with van der Waals surface area (Å²) >= 11 is 0. The van der Waals surface area contributed by atoms with E-state index in [-0.39, 0.29) is 0 Å². The van der Waals surface area contributed by atoms with Gasteiger partial charge in [-0.15, -0.1) is 0 Å². The first kappa shape index (κ1) is 11.2. The summed E-state index contributed by atoms with van der Waals surface area (Å²) in [6, 6.07) is 0.435. The van der Waals surface area contributed by atoms with Crippen LogP contribution in [0, 0.1) is 13.8 Å². The number of nitrogens with one attached hydrogen (secondary N) is 2. The quantitative estimate of drug-likeness (QED) is 0.739. The topological polar surface area (TPSA) is 50.1 Å². The molecule has 1 rings (SSSR count). The lowest BCUT2D eigenvalue weighted by Crippen LogP contribution is -2.34. The van der Waals surface area contributed by atoms with Crippen molar-refractivity contribution < 1.29 is 4.42 Å². The molecule has 0 aliphatic heterocycles. The maximum absolute atomic E-state index is 5.45. The van der Waals surface area contributed by atoms with E-state index in [9.17, 15) is 0 Å². The third-order valence-electron chi connectivity index (χ3n) is 2.12. The highest BCUT2D eigenvalue weighted by Crippen LogP contribution is 2.08. The van der Waals surface area contributed by atoms with Crippen molar-refractivity contribution in [3.05, 3.63) is 17.3 Å². The first-order chi connectivity index (χ1) is 6.63. The summed E-state index contributed by atoms with van der Waals surface area (Å²) in [6.07, 6.45) is 0. The highest BCUT2D eigenvalue weighted by Gasteiger charge is 2.07. The van der Waals surface area contributed by atoms with Gasteiger partial charge >= 0.3 is 0 Å². The molecule has 0 fully saturated rings. The molecule has 4 nitrogen and oxygen atoms in total. The molecule has 0 bridgehead atoms. The van der Waals surface area contributed by atoms with Crippen molar-refractivity contribution in [2.24, 2.45) is 0 Å². The Balaban J connectivity index is 2.41. The minimum Gasteiger partial charge on any atom is -0.444 e. The summed E-state index contributed by atoms with van der Waals surface area (Å²) < 4.78 is 5.45. The Kier molecular flexibility index (Phi) is 4.10. The molecule has 0 saturated heterocycles. The molecule has 0 saturated carbocycles. The van der Waals surface area contributed by atoms with Gasteiger partial charge in [-0.1, -0.05) is 0 Å². The Morgan fingerprint density at radius 3 is 2.64 bits per heavy atom. The predicted molar refractivity (Wildman–Crippen MR) is 56.2 cm³/mol. The minimum absolute atomic E-state index is 0.435. The molecular weight excluding hydrogens is 178 g/mol. The average Bonchev–Trinajstić information content (AvgIpc) is 2.42. The zero-order chi connectivity index (χ0) is 10.6. The molecule has 1 aromatic rings. The molecule has 4 heteroatoms. The van der Waals surface area contributed by atoms with E-state index in [4.69, 9.17) is 4.42 Å². The van der Waals surface area contributed by atoms with E-state index in [1.54, 1.807) is 0 Å². The molecule has 0 aliphatic carbocycles. The summed E-state index contributed by atoms with van der Waals surface area (Å²) in [7, 11) is 1.95. The monoisotopic (exact) mass is 197 g/mol. The van der Waals surface area contributed by atoms with E-state index in [2.05, 4.69) is 22.5 Å². The van der Waals surface area contributed by atoms with Crippen LogP contribution in [0.25, 0.3) is 0 Å². The van der Waals surface area contributed by atoms with E-state index < -0.39 is 0 Å². The molecular formula is C10H19N3O. The molecule has 0 aromatic carbocycles. The summed E-state index contributed by atoms with van der Waals surface area (Å²) in [6.45, 7) is 7.67. The van der Waals surface area contributed by atoms with Crippen molar-refractivity contribution in [1.82, 2.24) is 15.6 Å². The van der Waals surface area contributed by atoms with E-state index >= 15 is 0 Å². The van der Waals surface area contributed by atoms with Gasteiger partial charge in [0.15, 0.2) is 5.89 Å². The number of nitrogens with zero attached hydrogens (tertiary/aromatic N) is 1. The van der Waals surface area contributed by atoms with Gasteiger partial charge in [0.1, 0.15) is 5.76 Å². The van der Waals surface area contributed by atoms with Crippen LogP contribution in [-0.4, -0.2) is 24.6 Å². The number of oxazole rings is 1. The first-order valence-corrected chi connectivity index (χ1v) is 4.94. The van der Waals surface area contributed by atoms with Crippen LogP contribution in [0.2, 0.25) is 0 Å². The van der Waals surface area contributed by atoms with Crippen molar-refractivity contribution in [3.8, 4) is 0 Å². The lowest BCUT2D eigenvalue weighted by molar-refractivity contribution is 0.430. The maximum atomic E-state index is 5.45. The average molecular weight is 197 g/mol. The number of likely N-dealkylation sites (N-methyl/N-ethyl adjacent to an activating group) is 1. The third-order valence-corrected chi connectivity index (χ3v) is 2.12. The lowest BCUT2D eigenvalue weighted by Gasteiger charge is -2.11. The second kappa shape index (κ2) is 5.12. The van der Waals surface area contributed by atoms with Crippen molar-refractivity contribution in [3.63, 3.8) is 0 Å². The Morgan fingerprint density at radius 1 is 1.43 bits per heavy atom. The van der Waals surface area contributed by atoms with Gasteiger partial charge < -0.3 is 15.1 Å². The fraction of sp³-hybridized carbons (Fsp3) is 0.700. The molecule has 1 unspecified atom stereocenters. The number of rotatable bonds is 5. The highest BCUT2D eigenvalue weighted by atomic mass is 16.4. The molecule has 0 radical (unpaired) electrons. The number of hydrogen-bond donors (Lipinski definition) is 2. The van der Waals surface area contributed by atoms with Crippen LogP contribution in [0.3, 0.4) is 0 Å². The zero-order valence-corrected chi connectivity index (χ0v) is 9.35. The third kappa shape index (κ3) is 3.12. The molecule has 0 amide bonds. The van der Waals surface area contributed by atoms with Crippen LogP contribution in [-0.2, 0) is 6.54 Å². The second-order valence-electron chi connectivity index (χ2n) is 3.58. The van der Waals surface area contributed by atoms with Gasteiger partial charge in [-0.3, -0.25) is 0 Å². The van der Waals surface area contributed by atoms with Gasteiger partial charge in [-0.05, 0) is 20.9 Å². The minimum atomic E-state index is 0.435. The Morgan fingerprint density at radius 2 is 2.14 bits per heavy atom. The van der Waals surface area contributed by atoms with E-state index in [0.29, 0.717) is 6.04 Å².